The first kappa shape index (κ1) is 14.5. The first-order valence-corrected chi connectivity index (χ1v) is 6.79. The van der Waals surface area contributed by atoms with E-state index in [1.165, 1.54) is 19.3 Å². The molecule has 0 saturated carbocycles. The van der Waals surface area contributed by atoms with E-state index < -0.39 is 0 Å². The molecule has 1 aliphatic heterocycles. The number of aliphatic hydroxyl groups is 1. The van der Waals surface area contributed by atoms with Gasteiger partial charge in [0.15, 0.2) is 0 Å². The van der Waals surface area contributed by atoms with Gasteiger partial charge in [-0.15, -0.1) is 0 Å². The zero-order valence-corrected chi connectivity index (χ0v) is 11.1. The average Bonchev–Trinajstić information content (AvgIpc) is 2.34. The molecule has 1 heterocycles. The Morgan fingerprint density at radius 2 is 2.24 bits per heavy atom. The zero-order valence-electron chi connectivity index (χ0n) is 11.1. The summed E-state index contributed by atoms with van der Waals surface area (Å²) in [5.41, 5.74) is 0. The molecule has 1 saturated heterocycles. The summed E-state index contributed by atoms with van der Waals surface area (Å²) in [7, 11) is 0. The highest BCUT2D eigenvalue weighted by atomic mass is 16.3. The predicted octanol–water partition coefficient (Wildman–Crippen LogP) is 1.14. The second kappa shape index (κ2) is 7.67. The van der Waals surface area contributed by atoms with Gasteiger partial charge >= 0.3 is 0 Å². The Bertz CT molecular complexity index is 225. The van der Waals surface area contributed by atoms with Crippen LogP contribution in [0.2, 0.25) is 0 Å². The van der Waals surface area contributed by atoms with Crippen molar-refractivity contribution in [3.05, 3.63) is 0 Å². The molecular formula is C13H26N2O2. The lowest BCUT2D eigenvalue weighted by Gasteiger charge is -2.28. The largest absolute Gasteiger partial charge is 0.395 e. The SMILES string of the molecule is CC(C)N(CCO)C(=O)CCC1CCCCN1. The van der Waals surface area contributed by atoms with Crippen molar-refractivity contribution in [2.45, 2.75) is 58.0 Å². The Balaban J connectivity index is 2.30. The highest BCUT2D eigenvalue weighted by molar-refractivity contribution is 5.76. The summed E-state index contributed by atoms with van der Waals surface area (Å²) in [6.07, 6.45) is 5.24. The third-order valence-electron chi connectivity index (χ3n) is 3.40. The fourth-order valence-corrected chi connectivity index (χ4v) is 2.39. The fourth-order valence-electron chi connectivity index (χ4n) is 2.39. The van der Waals surface area contributed by atoms with Gasteiger partial charge in [0.1, 0.15) is 0 Å². The van der Waals surface area contributed by atoms with Gasteiger partial charge in [-0.05, 0) is 39.7 Å². The van der Waals surface area contributed by atoms with E-state index in [-0.39, 0.29) is 18.6 Å². The molecule has 1 rings (SSSR count). The summed E-state index contributed by atoms with van der Waals surface area (Å²) < 4.78 is 0. The van der Waals surface area contributed by atoms with Crippen LogP contribution in [0.1, 0.15) is 46.0 Å². The Morgan fingerprint density at radius 3 is 2.76 bits per heavy atom. The van der Waals surface area contributed by atoms with Gasteiger partial charge in [-0.3, -0.25) is 4.79 Å². The van der Waals surface area contributed by atoms with Crippen LogP contribution in [0, 0.1) is 0 Å². The minimum atomic E-state index is 0.0472. The van der Waals surface area contributed by atoms with E-state index in [4.69, 9.17) is 5.11 Å². The van der Waals surface area contributed by atoms with Gasteiger partial charge in [-0.2, -0.15) is 0 Å². The van der Waals surface area contributed by atoms with Crippen molar-refractivity contribution in [3.63, 3.8) is 0 Å². The normalized spacial score (nSPS) is 20.6. The van der Waals surface area contributed by atoms with Crippen LogP contribution in [-0.2, 0) is 4.79 Å². The molecule has 1 unspecified atom stereocenters. The van der Waals surface area contributed by atoms with Crippen molar-refractivity contribution >= 4 is 5.91 Å². The maximum atomic E-state index is 12.0. The van der Waals surface area contributed by atoms with E-state index in [9.17, 15) is 4.79 Å². The highest BCUT2D eigenvalue weighted by Gasteiger charge is 2.19. The Hall–Kier alpha value is -0.610. The number of nitrogens with zero attached hydrogens (tertiary/aromatic N) is 1. The smallest absolute Gasteiger partial charge is 0.222 e. The van der Waals surface area contributed by atoms with Crippen LogP contribution in [0.4, 0.5) is 0 Å². The summed E-state index contributed by atoms with van der Waals surface area (Å²) in [5.74, 6) is 0.168. The van der Waals surface area contributed by atoms with Crippen molar-refractivity contribution in [2.75, 3.05) is 19.7 Å². The van der Waals surface area contributed by atoms with Crippen molar-refractivity contribution in [1.82, 2.24) is 10.2 Å². The highest BCUT2D eigenvalue weighted by Crippen LogP contribution is 2.13. The molecule has 0 spiro atoms. The number of amides is 1. The quantitative estimate of drug-likeness (QED) is 0.734. The molecule has 1 aliphatic rings. The minimum Gasteiger partial charge on any atom is -0.395 e. The van der Waals surface area contributed by atoms with Gasteiger partial charge in [-0.1, -0.05) is 6.42 Å². The molecule has 4 heteroatoms. The number of hydrogen-bond donors (Lipinski definition) is 2. The number of carbonyl (C=O) groups excluding carboxylic acids is 1. The van der Waals surface area contributed by atoms with E-state index in [1.54, 1.807) is 4.90 Å². The van der Waals surface area contributed by atoms with Crippen molar-refractivity contribution < 1.29 is 9.90 Å². The van der Waals surface area contributed by atoms with Gasteiger partial charge < -0.3 is 15.3 Å². The molecule has 0 aromatic rings. The van der Waals surface area contributed by atoms with Crippen LogP contribution in [0.25, 0.3) is 0 Å². The molecular weight excluding hydrogens is 216 g/mol. The molecule has 4 nitrogen and oxygen atoms in total. The molecule has 0 bridgehead atoms. The lowest BCUT2D eigenvalue weighted by atomic mass is 10.00. The van der Waals surface area contributed by atoms with E-state index >= 15 is 0 Å². The molecule has 1 atom stereocenters. The summed E-state index contributed by atoms with van der Waals surface area (Å²) in [5, 5.41) is 12.4. The number of piperidine rings is 1. The topological polar surface area (TPSA) is 52.6 Å². The Labute approximate surface area is 104 Å². The van der Waals surface area contributed by atoms with E-state index in [0.29, 0.717) is 19.0 Å². The number of hydrogen-bond acceptors (Lipinski definition) is 3. The number of nitrogens with one attached hydrogen (secondary N) is 1. The minimum absolute atomic E-state index is 0.0472. The van der Waals surface area contributed by atoms with Crippen LogP contribution >= 0.6 is 0 Å². The molecule has 0 aromatic carbocycles. The monoisotopic (exact) mass is 242 g/mol. The van der Waals surface area contributed by atoms with Gasteiger partial charge in [-0.25, -0.2) is 0 Å². The number of aliphatic hydroxyl groups excluding tert-OH is 1. The maximum Gasteiger partial charge on any atom is 0.222 e. The molecule has 0 radical (unpaired) electrons. The van der Waals surface area contributed by atoms with Crippen LogP contribution in [0.3, 0.4) is 0 Å². The third kappa shape index (κ3) is 5.04. The first-order valence-electron chi connectivity index (χ1n) is 6.79. The predicted molar refractivity (Wildman–Crippen MR) is 68.8 cm³/mol. The summed E-state index contributed by atoms with van der Waals surface area (Å²) in [6, 6.07) is 0.685. The standard InChI is InChI=1S/C13H26N2O2/c1-11(2)15(9-10-16)13(17)7-6-12-5-3-4-8-14-12/h11-12,14,16H,3-10H2,1-2H3. The van der Waals surface area contributed by atoms with Crippen LogP contribution in [0.5, 0.6) is 0 Å². The molecule has 0 aromatic heterocycles. The van der Waals surface area contributed by atoms with Crippen LogP contribution in [-0.4, -0.2) is 47.7 Å². The van der Waals surface area contributed by atoms with E-state index in [2.05, 4.69) is 5.32 Å². The van der Waals surface area contributed by atoms with Crippen molar-refractivity contribution in [1.29, 1.82) is 0 Å². The Kier molecular flexibility index (Phi) is 6.52. The number of rotatable bonds is 6. The second-order valence-corrected chi connectivity index (χ2v) is 5.09. The van der Waals surface area contributed by atoms with Crippen LogP contribution < -0.4 is 5.32 Å². The van der Waals surface area contributed by atoms with Crippen molar-refractivity contribution in [3.8, 4) is 0 Å². The maximum absolute atomic E-state index is 12.0. The number of carbonyl (C=O) groups is 1. The lowest BCUT2D eigenvalue weighted by Crippen LogP contribution is -2.40. The van der Waals surface area contributed by atoms with Crippen LogP contribution in [0.15, 0.2) is 0 Å². The first-order chi connectivity index (χ1) is 8.15. The molecule has 1 amide bonds. The lowest BCUT2D eigenvalue weighted by molar-refractivity contribution is -0.133. The van der Waals surface area contributed by atoms with E-state index in [1.807, 2.05) is 13.8 Å². The molecule has 17 heavy (non-hydrogen) atoms. The molecule has 1 fully saturated rings. The molecule has 100 valence electrons. The summed E-state index contributed by atoms with van der Waals surface area (Å²) in [4.78, 5) is 13.8. The van der Waals surface area contributed by atoms with Gasteiger partial charge in [0.25, 0.3) is 0 Å². The summed E-state index contributed by atoms with van der Waals surface area (Å²) >= 11 is 0. The van der Waals surface area contributed by atoms with E-state index in [0.717, 1.165) is 13.0 Å². The molecule has 2 N–H and O–H groups in total. The van der Waals surface area contributed by atoms with Gasteiger partial charge in [0.2, 0.25) is 5.91 Å². The van der Waals surface area contributed by atoms with Gasteiger partial charge in [0.05, 0.1) is 6.61 Å². The van der Waals surface area contributed by atoms with Gasteiger partial charge in [0, 0.05) is 25.0 Å². The average molecular weight is 242 g/mol. The second-order valence-electron chi connectivity index (χ2n) is 5.09. The zero-order chi connectivity index (χ0) is 12.7. The molecule has 0 aliphatic carbocycles. The Morgan fingerprint density at radius 1 is 1.47 bits per heavy atom. The fraction of sp³-hybridized carbons (Fsp3) is 0.923. The summed E-state index contributed by atoms with van der Waals surface area (Å²) in [6.45, 7) is 5.57. The van der Waals surface area contributed by atoms with Crippen molar-refractivity contribution in [2.24, 2.45) is 0 Å². The third-order valence-corrected chi connectivity index (χ3v) is 3.40.